The summed E-state index contributed by atoms with van der Waals surface area (Å²) in [7, 11) is 0. The number of rotatable bonds is 4. The van der Waals surface area contributed by atoms with Crippen LogP contribution in [0.1, 0.15) is 5.56 Å². The second kappa shape index (κ2) is 5.61. The summed E-state index contributed by atoms with van der Waals surface area (Å²) in [6, 6.07) is 18.3. The van der Waals surface area contributed by atoms with Gasteiger partial charge in [-0.3, -0.25) is 0 Å². The van der Waals surface area contributed by atoms with Gasteiger partial charge in [-0.25, -0.2) is 4.98 Å². The number of anilines is 1. The molecule has 20 heavy (non-hydrogen) atoms. The number of fused-ring (bicyclic) bond motifs is 1. The van der Waals surface area contributed by atoms with E-state index in [-0.39, 0.29) is 0 Å². The summed E-state index contributed by atoms with van der Waals surface area (Å²) >= 11 is 0. The molecule has 3 nitrogen and oxygen atoms in total. The molecule has 0 saturated heterocycles. The van der Waals surface area contributed by atoms with Gasteiger partial charge < -0.3 is 10.5 Å². The number of ether oxygens (including phenoxy) is 1. The Bertz CT molecular complexity index is 720. The van der Waals surface area contributed by atoms with E-state index in [1.165, 1.54) is 16.3 Å². The van der Waals surface area contributed by atoms with Crippen molar-refractivity contribution in [2.45, 2.75) is 6.42 Å². The largest absolute Gasteiger partial charge is 0.476 e. The van der Waals surface area contributed by atoms with Crippen LogP contribution >= 0.6 is 0 Å². The van der Waals surface area contributed by atoms with Gasteiger partial charge in [-0.2, -0.15) is 0 Å². The van der Waals surface area contributed by atoms with E-state index in [1.54, 1.807) is 18.3 Å². The van der Waals surface area contributed by atoms with E-state index in [1.807, 2.05) is 0 Å². The zero-order chi connectivity index (χ0) is 13.8. The lowest BCUT2D eigenvalue weighted by atomic mass is 10.0. The van der Waals surface area contributed by atoms with Gasteiger partial charge in [-0.15, -0.1) is 0 Å². The summed E-state index contributed by atoms with van der Waals surface area (Å²) in [5, 5.41) is 2.52. The summed E-state index contributed by atoms with van der Waals surface area (Å²) < 4.78 is 5.65. The van der Waals surface area contributed by atoms with Crippen LogP contribution in [0.5, 0.6) is 5.88 Å². The van der Waals surface area contributed by atoms with E-state index in [2.05, 4.69) is 47.4 Å². The summed E-state index contributed by atoms with van der Waals surface area (Å²) in [6.45, 7) is 0.565. The van der Waals surface area contributed by atoms with E-state index in [9.17, 15) is 0 Å². The van der Waals surface area contributed by atoms with Crippen LogP contribution in [0.25, 0.3) is 10.8 Å². The Morgan fingerprint density at radius 1 is 0.950 bits per heavy atom. The topological polar surface area (TPSA) is 48.1 Å². The number of nitrogens with two attached hydrogens (primary N) is 1. The van der Waals surface area contributed by atoms with E-state index in [0.29, 0.717) is 18.2 Å². The molecule has 1 aromatic heterocycles. The molecule has 2 aromatic carbocycles. The van der Waals surface area contributed by atoms with Gasteiger partial charge in [-0.05, 0) is 28.5 Å². The van der Waals surface area contributed by atoms with Crippen LogP contribution < -0.4 is 10.5 Å². The fourth-order valence-corrected chi connectivity index (χ4v) is 2.29. The van der Waals surface area contributed by atoms with Gasteiger partial charge in [0.2, 0.25) is 5.88 Å². The first-order valence-electron chi connectivity index (χ1n) is 6.64. The monoisotopic (exact) mass is 264 g/mol. The SMILES string of the molecule is Nc1cccnc1OCCc1cccc2ccccc12. The zero-order valence-corrected chi connectivity index (χ0v) is 11.1. The van der Waals surface area contributed by atoms with Crippen LogP contribution in [-0.4, -0.2) is 11.6 Å². The highest BCUT2D eigenvalue weighted by Crippen LogP contribution is 2.20. The van der Waals surface area contributed by atoms with Crippen molar-refractivity contribution in [2.24, 2.45) is 0 Å². The average molecular weight is 264 g/mol. The summed E-state index contributed by atoms with van der Waals surface area (Å²) in [5.74, 6) is 0.507. The molecule has 0 aliphatic heterocycles. The fourth-order valence-electron chi connectivity index (χ4n) is 2.29. The van der Waals surface area contributed by atoms with Crippen LogP contribution in [0.3, 0.4) is 0 Å². The predicted molar refractivity (Wildman–Crippen MR) is 81.8 cm³/mol. The Morgan fingerprint density at radius 2 is 1.80 bits per heavy atom. The zero-order valence-electron chi connectivity index (χ0n) is 11.1. The number of benzene rings is 2. The highest BCUT2D eigenvalue weighted by Gasteiger charge is 2.03. The van der Waals surface area contributed by atoms with Crippen LogP contribution in [0.4, 0.5) is 5.69 Å². The Hall–Kier alpha value is -2.55. The van der Waals surface area contributed by atoms with Gasteiger partial charge in [0.1, 0.15) is 0 Å². The van der Waals surface area contributed by atoms with Gasteiger partial charge in [-0.1, -0.05) is 42.5 Å². The maximum absolute atomic E-state index is 5.80. The second-order valence-electron chi connectivity index (χ2n) is 4.63. The molecule has 3 rings (SSSR count). The molecule has 0 atom stereocenters. The lowest BCUT2D eigenvalue weighted by molar-refractivity contribution is 0.312. The molecule has 0 bridgehead atoms. The Morgan fingerprint density at radius 3 is 2.70 bits per heavy atom. The van der Waals surface area contributed by atoms with Crippen molar-refractivity contribution in [1.82, 2.24) is 4.98 Å². The Kier molecular flexibility index (Phi) is 3.50. The van der Waals surface area contributed by atoms with Crippen molar-refractivity contribution in [1.29, 1.82) is 0 Å². The highest BCUT2D eigenvalue weighted by atomic mass is 16.5. The first-order valence-corrected chi connectivity index (χ1v) is 6.64. The van der Waals surface area contributed by atoms with Gasteiger partial charge in [0, 0.05) is 12.6 Å². The number of hydrogen-bond acceptors (Lipinski definition) is 3. The Balaban J connectivity index is 1.73. The van der Waals surface area contributed by atoms with Crippen molar-refractivity contribution >= 4 is 16.5 Å². The molecule has 0 spiro atoms. The normalized spacial score (nSPS) is 10.6. The number of hydrogen-bond donors (Lipinski definition) is 1. The minimum absolute atomic E-state index is 0.507. The maximum atomic E-state index is 5.80. The van der Waals surface area contributed by atoms with Gasteiger partial charge in [0.15, 0.2) is 0 Å². The first-order chi connectivity index (χ1) is 9.84. The molecular formula is C17H16N2O. The standard InChI is InChI=1S/C17H16N2O/c18-16-9-4-11-19-17(16)20-12-10-14-7-3-6-13-5-1-2-8-15(13)14/h1-9,11H,10,12,18H2. The number of nitrogens with zero attached hydrogens (tertiary/aromatic N) is 1. The highest BCUT2D eigenvalue weighted by molar-refractivity contribution is 5.85. The second-order valence-corrected chi connectivity index (χ2v) is 4.63. The molecular weight excluding hydrogens is 248 g/mol. The maximum Gasteiger partial charge on any atom is 0.237 e. The van der Waals surface area contributed by atoms with E-state index in [0.717, 1.165) is 6.42 Å². The van der Waals surface area contributed by atoms with Crippen molar-refractivity contribution in [2.75, 3.05) is 12.3 Å². The lowest BCUT2D eigenvalue weighted by Gasteiger charge is -2.09. The smallest absolute Gasteiger partial charge is 0.237 e. The van der Waals surface area contributed by atoms with Crippen LogP contribution in [-0.2, 0) is 6.42 Å². The van der Waals surface area contributed by atoms with Crippen molar-refractivity contribution in [3.63, 3.8) is 0 Å². The molecule has 100 valence electrons. The quantitative estimate of drug-likeness (QED) is 0.785. The molecule has 2 N–H and O–H groups in total. The first kappa shape index (κ1) is 12.5. The Labute approximate surface area is 118 Å². The lowest BCUT2D eigenvalue weighted by Crippen LogP contribution is -2.05. The van der Waals surface area contributed by atoms with E-state index < -0.39 is 0 Å². The number of pyridine rings is 1. The molecule has 0 fully saturated rings. The van der Waals surface area contributed by atoms with Crippen LogP contribution in [0.2, 0.25) is 0 Å². The minimum atomic E-state index is 0.507. The molecule has 0 unspecified atom stereocenters. The summed E-state index contributed by atoms with van der Waals surface area (Å²) in [4.78, 5) is 4.12. The van der Waals surface area contributed by atoms with Gasteiger partial charge in [0.05, 0.1) is 12.3 Å². The third-order valence-electron chi connectivity index (χ3n) is 3.29. The summed E-state index contributed by atoms with van der Waals surface area (Å²) in [6.07, 6.45) is 2.51. The third-order valence-corrected chi connectivity index (χ3v) is 3.29. The van der Waals surface area contributed by atoms with E-state index in [4.69, 9.17) is 10.5 Å². The molecule has 0 saturated carbocycles. The molecule has 0 amide bonds. The number of aromatic nitrogens is 1. The van der Waals surface area contributed by atoms with Crippen LogP contribution in [0, 0.1) is 0 Å². The van der Waals surface area contributed by atoms with Crippen molar-refractivity contribution in [3.8, 4) is 5.88 Å². The van der Waals surface area contributed by atoms with Crippen molar-refractivity contribution < 1.29 is 4.74 Å². The molecule has 0 aliphatic rings. The summed E-state index contributed by atoms with van der Waals surface area (Å²) in [5.41, 5.74) is 7.65. The predicted octanol–water partition coefficient (Wildman–Crippen LogP) is 3.44. The minimum Gasteiger partial charge on any atom is -0.476 e. The molecule has 0 radical (unpaired) electrons. The third kappa shape index (κ3) is 2.57. The fraction of sp³-hybridized carbons (Fsp3) is 0.118. The van der Waals surface area contributed by atoms with Gasteiger partial charge >= 0.3 is 0 Å². The van der Waals surface area contributed by atoms with Crippen LogP contribution in [0.15, 0.2) is 60.8 Å². The molecule has 1 heterocycles. The molecule has 0 aliphatic carbocycles. The van der Waals surface area contributed by atoms with E-state index >= 15 is 0 Å². The molecule has 3 aromatic rings. The molecule has 3 heteroatoms. The van der Waals surface area contributed by atoms with Gasteiger partial charge in [0.25, 0.3) is 0 Å². The van der Waals surface area contributed by atoms with Crippen molar-refractivity contribution in [3.05, 3.63) is 66.4 Å². The average Bonchev–Trinajstić information content (AvgIpc) is 2.49. The number of nitrogen functional groups attached to an aromatic ring is 1.